The second-order valence-electron chi connectivity index (χ2n) is 4.13. The molecule has 0 aliphatic heterocycles. The minimum absolute atomic E-state index is 0.226. The zero-order valence-corrected chi connectivity index (χ0v) is 11.8. The van der Waals surface area contributed by atoms with Crippen molar-refractivity contribution in [3.8, 4) is 5.75 Å². The lowest BCUT2D eigenvalue weighted by molar-refractivity contribution is 0.162. The van der Waals surface area contributed by atoms with Crippen molar-refractivity contribution in [3.05, 3.63) is 23.2 Å². The number of rotatable bonds is 6. The maximum atomic E-state index is 11.6. The van der Waals surface area contributed by atoms with E-state index in [0.717, 1.165) is 6.42 Å². The minimum atomic E-state index is -0.518. The van der Waals surface area contributed by atoms with Gasteiger partial charge in [-0.25, -0.2) is 4.79 Å². The van der Waals surface area contributed by atoms with Crippen LogP contribution in [0.4, 0.5) is 10.5 Å². The van der Waals surface area contributed by atoms with Crippen LogP contribution in [0, 0.1) is 0 Å². The molecule has 0 bridgehead atoms. The highest BCUT2D eigenvalue weighted by molar-refractivity contribution is 6.32. The molecule has 0 aliphatic carbocycles. The summed E-state index contributed by atoms with van der Waals surface area (Å²) in [5, 5.41) is 15.1. The summed E-state index contributed by atoms with van der Waals surface area (Å²) in [6.07, 6.45) is 1.02. The van der Waals surface area contributed by atoms with Gasteiger partial charge in [0.1, 0.15) is 5.75 Å². The van der Waals surface area contributed by atoms with Crippen molar-refractivity contribution >= 4 is 23.3 Å². The van der Waals surface area contributed by atoms with Gasteiger partial charge in [0.05, 0.1) is 18.2 Å². The van der Waals surface area contributed by atoms with Crippen molar-refractivity contribution in [3.63, 3.8) is 0 Å². The second kappa shape index (κ2) is 7.86. The Balaban J connectivity index is 2.46. The maximum absolute atomic E-state index is 11.6. The van der Waals surface area contributed by atoms with Crippen LogP contribution in [0.1, 0.15) is 19.8 Å². The van der Waals surface area contributed by atoms with Crippen LogP contribution < -0.4 is 15.4 Å². The summed E-state index contributed by atoms with van der Waals surface area (Å²) in [6.45, 7) is 2.20. The van der Waals surface area contributed by atoms with E-state index in [1.54, 1.807) is 18.2 Å². The molecular weight excluding hydrogens is 268 g/mol. The molecule has 0 fully saturated rings. The minimum Gasteiger partial charge on any atom is -0.495 e. The Labute approximate surface area is 117 Å². The van der Waals surface area contributed by atoms with E-state index < -0.39 is 6.10 Å². The molecule has 1 aromatic carbocycles. The van der Waals surface area contributed by atoms with Crippen LogP contribution in [0.2, 0.25) is 5.02 Å². The normalized spacial score (nSPS) is 11.8. The third kappa shape index (κ3) is 5.36. The summed E-state index contributed by atoms with van der Waals surface area (Å²) >= 11 is 5.95. The van der Waals surface area contributed by atoms with E-state index in [9.17, 15) is 9.90 Å². The SMILES string of the molecule is CCCC(O)CNC(=O)Nc1ccc(OC)c(Cl)c1. The number of amides is 2. The van der Waals surface area contributed by atoms with Gasteiger partial charge >= 0.3 is 6.03 Å². The van der Waals surface area contributed by atoms with Crippen LogP contribution in [0.15, 0.2) is 18.2 Å². The second-order valence-corrected chi connectivity index (χ2v) is 4.53. The Morgan fingerprint density at radius 1 is 1.53 bits per heavy atom. The number of benzene rings is 1. The highest BCUT2D eigenvalue weighted by atomic mass is 35.5. The number of nitrogens with one attached hydrogen (secondary N) is 2. The number of aliphatic hydroxyl groups is 1. The van der Waals surface area contributed by atoms with E-state index in [-0.39, 0.29) is 12.6 Å². The molecule has 106 valence electrons. The summed E-state index contributed by atoms with van der Waals surface area (Å²) < 4.78 is 5.02. The summed E-state index contributed by atoms with van der Waals surface area (Å²) in [7, 11) is 1.52. The van der Waals surface area contributed by atoms with Gasteiger partial charge in [-0.2, -0.15) is 0 Å². The fourth-order valence-corrected chi connectivity index (χ4v) is 1.82. The Morgan fingerprint density at radius 3 is 2.84 bits per heavy atom. The predicted octanol–water partition coefficient (Wildman–Crippen LogP) is 2.63. The van der Waals surface area contributed by atoms with Crippen molar-refractivity contribution in [2.24, 2.45) is 0 Å². The lowest BCUT2D eigenvalue weighted by atomic mass is 10.2. The summed E-state index contributed by atoms with van der Waals surface area (Å²) in [5.74, 6) is 0.547. The van der Waals surface area contributed by atoms with E-state index in [4.69, 9.17) is 16.3 Å². The molecule has 0 saturated heterocycles. The van der Waals surface area contributed by atoms with E-state index in [1.165, 1.54) is 7.11 Å². The third-order valence-electron chi connectivity index (χ3n) is 2.53. The van der Waals surface area contributed by atoms with Crippen LogP contribution in [-0.4, -0.2) is 30.9 Å². The number of aliphatic hydroxyl groups excluding tert-OH is 1. The first-order chi connectivity index (χ1) is 9.06. The molecule has 0 heterocycles. The zero-order valence-electron chi connectivity index (χ0n) is 11.1. The smallest absolute Gasteiger partial charge is 0.319 e. The maximum Gasteiger partial charge on any atom is 0.319 e. The molecule has 1 aromatic rings. The predicted molar refractivity (Wildman–Crippen MR) is 75.9 cm³/mol. The average molecular weight is 287 g/mol. The van der Waals surface area contributed by atoms with Crippen molar-refractivity contribution < 1.29 is 14.6 Å². The molecule has 0 spiro atoms. The molecule has 0 aromatic heterocycles. The number of carbonyl (C=O) groups is 1. The lowest BCUT2D eigenvalue weighted by Gasteiger charge is -2.12. The molecule has 5 nitrogen and oxygen atoms in total. The van der Waals surface area contributed by atoms with Crippen molar-refractivity contribution in [2.45, 2.75) is 25.9 Å². The van der Waals surface area contributed by atoms with E-state index >= 15 is 0 Å². The largest absolute Gasteiger partial charge is 0.495 e. The first kappa shape index (κ1) is 15.6. The topological polar surface area (TPSA) is 70.6 Å². The van der Waals surface area contributed by atoms with Crippen LogP contribution in [0.3, 0.4) is 0 Å². The van der Waals surface area contributed by atoms with Gasteiger partial charge in [-0.1, -0.05) is 24.9 Å². The van der Waals surface area contributed by atoms with Gasteiger partial charge in [0, 0.05) is 12.2 Å². The Morgan fingerprint density at radius 2 is 2.26 bits per heavy atom. The Hall–Kier alpha value is -1.46. The van der Waals surface area contributed by atoms with Gasteiger partial charge in [-0.3, -0.25) is 0 Å². The van der Waals surface area contributed by atoms with Gasteiger partial charge in [0.15, 0.2) is 0 Å². The number of carbonyl (C=O) groups excluding carboxylic acids is 1. The van der Waals surface area contributed by atoms with Crippen LogP contribution >= 0.6 is 11.6 Å². The standard InChI is InChI=1S/C13H19ClN2O3/c1-3-4-10(17)8-15-13(18)16-9-5-6-12(19-2)11(14)7-9/h5-7,10,17H,3-4,8H2,1-2H3,(H2,15,16,18). The van der Waals surface area contributed by atoms with Crippen molar-refractivity contribution in [1.82, 2.24) is 5.32 Å². The number of hydrogen-bond donors (Lipinski definition) is 3. The van der Waals surface area contributed by atoms with Crippen LogP contribution in [0.25, 0.3) is 0 Å². The van der Waals surface area contributed by atoms with E-state index in [1.807, 2.05) is 6.92 Å². The molecular formula is C13H19ClN2O3. The number of halogens is 1. The Bertz CT molecular complexity index is 426. The highest BCUT2D eigenvalue weighted by Crippen LogP contribution is 2.27. The highest BCUT2D eigenvalue weighted by Gasteiger charge is 2.07. The summed E-state index contributed by atoms with van der Waals surface area (Å²) in [4.78, 5) is 11.6. The van der Waals surface area contributed by atoms with Gasteiger partial charge in [0.25, 0.3) is 0 Å². The zero-order chi connectivity index (χ0) is 14.3. The number of urea groups is 1. The first-order valence-corrected chi connectivity index (χ1v) is 6.51. The number of methoxy groups -OCH3 is 1. The molecule has 2 amide bonds. The number of hydrogen-bond acceptors (Lipinski definition) is 3. The van der Waals surface area contributed by atoms with Crippen LogP contribution in [0.5, 0.6) is 5.75 Å². The van der Waals surface area contributed by atoms with Crippen molar-refractivity contribution in [1.29, 1.82) is 0 Å². The van der Waals surface area contributed by atoms with Gasteiger partial charge in [-0.15, -0.1) is 0 Å². The molecule has 1 unspecified atom stereocenters. The molecule has 0 saturated carbocycles. The number of ether oxygens (including phenoxy) is 1. The molecule has 3 N–H and O–H groups in total. The molecule has 6 heteroatoms. The van der Waals surface area contributed by atoms with E-state index in [2.05, 4.69) is 10.6 Å². The molecule has 1 rings (SSSR count). The quantitative estimate of drug-likeness (QED) is 0.753. The lowest BCUT2D eigenvalue weighted by Crippen LogP contribution is -2.35. The fraction of sp³-hybridized carbons (Fsp3) is 0.462. The van der Waals surface area contributed by atoms with Crippen molar-refractivity contribution in [2.75, 3.05) is 19.0 Å². The van der Waals surface area contributed by atoms with E-state index in [0.29, 0.717) is 22.9 Å². The third-order valence-corrected chi connectivity index (χ3v) is 2.83. The fourth-order valence-electron chi connectivity index (χ4n) is 1.57. The van der Waals surface area contributed by atoms with Crippen LogP contribution in [-0.2, 0) is 0 Å². The van der Waals surface area contributed by atoms with Gasteiger partial charge < -0.3 is 20.5 Å². The molecule has 1 atom stereocenters. The monoisotopic (exact) mass is 286 g/mol. The average Bonchev–Trinajstić information content (AvgIpc) is 2.37. The summed E-state index contributed by atoms with van der Waals surface area (Å²) in [6, 6.07) is 4.58. The van der Waals surface area contributed by atoms with Gasteiger partial charge in [-0.05, 0) is 24.6 Å². The number of anilines is 1. The molecule has 19 heavy (non-hydrogen) atoms. The van der Waals surface area contributed by atoms with Gasteiger partial charge in [0.2, 0.25) is 0 Å². The Kier molecular flexibility index (Phi) is 6.45. The molecule has 0 radical (unpaired) electrons. The summed E-state index contributed by atoms with van der Waals surface area (Å²) in [5.41, 5.74) is 0.563. The first-order valence-electron chi connectivity index (χ1n) is 6.13. The molecule has 0 aliphatic rings.